The molecular weight excluding hydrogens is 322 g/mol. The number of carbonyl (C=O) groups is 1. The number of phenols is 1. The number of aliphatic carboxylic acids is 1. The molecule has 6 heteroatoms. The summed E-state index contributed by atoms with van der Waals surface area (Å²) in [6.45, 7) is 2.14. The van der Waals surface area contributed by atoms with Crippen molar-refractivity contribution in [3.05, 3.63) is 39.2 Å². The Morgan fingerprint density at radius 1 is 1.32 bits per heavy atom. The molecule has 1 aromatic carbocycles. The molecule has 0 radical (unpaired) electrons. The fourth-order valence-corrected chi connectivity index (χ4v) is 3.51. The minimum absolute atomic E-state index is 0.000673. The maximum absolute atomic E-state index is 12.2. The molecule has 1 atom stereocenters. The third-order valence-corrected chi connectivity index (χ3v) is 4.89. The second-order valence-corrected chi connectivity index (χ2v) is 6.55. The number of phenolic OH excluding ortho intramolecular Hbond substituents is 1. The smallest absolute Gasteiger partial charge is 0.339 e. The van der Waals surface area contributed by atoms with Crippen molar-refractivity contribution in [3.63, 3.8) is 0 Å². The molecule has 1 aliphatic rings. The molecule has 0 saturated heterocycles. The highest BCUT2D eigenvalue weighted by atomic mass is 16.4. The predicted octanol–water partition coefficient (Wildman–Crippen LogP) is 2.72. The summed E-state index contributed by atoms with van der Waals surface area (Å²) in [5.41, 5.74) is 2.16. The van der Waals surface area contributed by atoms with Gasteiger partial charge in [0.1, 0.15) is 17.4 Å². The standard InChI is InChI=1S/C19H23NO5/c1-2-3-7-15(18(22)23)20-10-14-16(21)9-8-12-11-5-4-6-13(11)19(24)25-17(12)14/h8-9,15,20-21H,2-7,10H2,1H3,(H,22,23)/t15-/m0/s1. The molecule has 0 saturated carbocycles. The van der Waals surface area contributed by atoms with Gasteiger partial charge in [0.25, 0.3) is 0 Å². The molecule has 25 heavy (non-hydrogen) atoms. The maximum Gasteiger partial charge on any atom is 0.339 e. The molecule has 0 fully saturated rings. The van der Waals surface area contributed by atoms with E-state index >= 15 is 0 Å². The van der Waals surface area contributed by atoms with E-state index in [0.29, 0.717) is 17.6 Å². The van der Waals surface area contributed by atoms with Gasteiger partial charge in [-0.15, -0.1) is 0 Å². The van der Waals surface area contributed by atoms with Crippen molar-refractivity contribution in [2.75, 3.05) is 0 Å². The van der Waals surface area contributed by atoms with Crippen molar-refractivity contribution in [3.8, 4) is 5.75 Å². The minimum Gasteiger partial charge on any atom is -0.507 e. The average molecular weight is 345 g/mol. The molecule has 0 bridgehead atoms. The van der Waals surface area contributed by atoms with Crippen LogP contribution in [-0.4, -0.2) is 22.2 Å². The van der Waals surface area contributed by atoms with Gasteiger partial charge in [0.2, 0.25) is 0 Å². The Morgan fingerprint density at radius 3 is 2.80 bits per heavy atom. The summed E-state index contributed by atoms with van der Waals surface area (Å²) in [4.78, 5) is 23.6. The molecule has 0 unspecified atom stereocenters. The number of hydrogen-bond donors (Lipinski definition) is 3. The molecule has 0 amide bonds. The maximum atomic E-state index is 12.2. The van der Waals surface area contributed by atoms with Crippen LogP contribution < -0.4 is 10.9 Å². The van der Waals surface area contributed by atoms with Crippen LogP contribution in [0, 0.1) is 0 Å². The van der Waals surface area contributed by atoms with E-state index in [9.17, 15) is 19.8 Å². The third kappa shape index (κ3) is 3.39. The summed E-state index contributed by atoms with van der Waals surface area (Å²) in [6.07, 6.45) is 4.69. The predicted molar refractivity (Wildman–Crippen MR) is 94.0 cm³/mol. The quantitative estimate of drug-likeness (QED) is 0.667. The summed E-state index contributed by atoms with van der Waals surface area (Å²) < 4.78 is 5.49. The van der Waals surface area contributed by atoms with Gasteiger partial charge in [0.05, 0.1) is 5.56 Å². The summed E-state index contributed by atoms with van der Waals surface area (Å²) in [6, 6.07) is 2.66. The lowest BCUT2D eigenvalue weighted by molar-refractivity contribution is -0.139. The number of unbranched alkanes of at least 4 members (excludes halogenated alkanes) is 1. The number of benzene rings is 1. The number of aryl methyl sites for hydroxylation is 1. The number of nitrogens with one attached hydrogen (secondary N) is 1. The van der Waals surface area contributed by atoms with Gasteiger partial charge in [-0.1, -0.05) is 19.8 Å². The van der Waals surface area contributed by atoms with Crippen LogP contribution in [0.5, 0.6) is 5.75 Å². The lowest BCUT2D eigenvalue weighted by atomic mass is 10.0. The highest BCUT2D eigenvalue weighted by Gasteiger charge is 2.23. The van der Waals surface area contributed by atoms with E-state index in [1.54, 1.807) is 12.1 Å². The Labute approximate surface area is 145 Å². The molecule has 1 aromatic heterocycles. The van der Waals surface area contributed by atoms with Crippen LogP contribution in [0.3, 0.4) is 0 Å². The van der Waals surface area contributed by atoms with E-state index in [0.717, 1.165) is 48.6 Å². The summed E-state index contributed by atoms with van der Waals surface area (Å²) >= 11 is 0. The summed E-state index contributed by atoms with van der Waals surface area (Å²) in [7, 11) is 0. The molecule has 134 valence electrons. The first-order chi connectivity index (χ1) is 12.0. The van der Waals surface area contributed by atoms with Crippen molar-refractivity contribution in [1.82, 2.24) is 5.32 Å². The van der Waals surface area contributed by atoms with Crippen LogP contribution in [0.2, 0.25) is 0 Å². The van der Waals surface area contributed by atoms with Crippen molar-refractivity contribution < 1.29 is 19.4 Å². The molecule has 1 heterocycles. The highest BCUT2D eigenvalue weighted by molar-refractivity contribution is 5.86. The number of hydrogen-bond acceptors (Lipinski definition) is 5. The highest BCUT2D eigenvalue weighted by Crippen LogP contribution is 2.33. The van der Waals surface area contributed by atoms with E-state index in [1.807, 2.05) is 6.92 Å². The SMILES string of the molecule is CCCC[C@H](NCc1c(O)ccc2c3c(c(=O)oc12)CCC3)C(=O)O. The number of aromatic hydroxyl groups is 1. The van der Waals surface area contributed by atoms with Gasteiger partial charge in [-0.25, -0.2) is 4.79 Å². The fourth-order valence-electron chi connectivity index (χ4n) is 3.51. The Bertz CT molecular complexity index is 855. The second kappa shape index (κ2) is 7.27. The van der Waals surface area contributed by atoms with Gasteiger partial charge >= 0.3 is 11.6 Å². The lowest BCUT2D eigenvalue weighted by Crippen LogP contribution is -2.36. The molecule has 0 spiro atoms. The second-order valence-electron chi connectivity index (χ2n) is 6.55. The van der Waals surface area contributed by atoms with Gasteiger partial charge in [-0.05, 0) is 43.4 Å². The first-order valence-corrected chi connectivity index (χ1v) is 8.78. The normalized spacial score (nSPS) is 14.6. The zero-order valence-electron chi connectivity index (χ0n) is 14.3. The molecule has 2 aromatic rings. The van der Waals surface area contributed by atoms with Crippen LogP contribution in [-0.2, 0) is 24.2 Å². The van der Waals surface area contributed by atoms with Crippen molar-refractivity contribution in [2.24, 2.45) is 0 Å². The van der Waals surface area contributed by atoms with Crippen LogP contribution in [0.15, 0.2) is 21.3 Å². The Morgan fingerprint density at radius 2 is 2.08 bits per heavy atom. The summed E-state index contributed by atoms with van der Waals surface area (Å²) in [5, 5.41) is 23.4. The van der Waals surface area contributed by atoms with Crippen LogP contribution >= 0.6 is 0 Å². The average Bonchev–Trinajstić information content (AvgIpc) is 3.07. The van der Waals surface area contributed by atoms with Crippen molar-refractivity contribution in [1.29, 1.82) is 0 Å². The van der Waals surface area contributed by atoms with Gasteiger partial charge in [0.15, 0.2) is 0 Å². The van der Waals surface area contributed by atoms with Gasteiger partial charge in [-0.2, -0.15) is 0 Å². The molecular formula is C19H23NO5. The molecule has 6 nitrogen and oxygen atoms in total. The summed E-state index contributed by atoms with van der Waals surface area (Å²) in [5.74, 6) is -0.920. The molecule has 1 aliphatic carbocycles. The van der Waals surface area contributed by atoms with Crippen molar-refractivity contribution in [2.45, 2.75) is 58.0 Å². The van der Waals surface area contributed by atoms with Crippen LogP contribution in [0.1, 0.15) is 49.3 Å². The Hall–Kier alpha value is -2.34. The van der Waals surface area contributed by atoms with E-state index in [4.69, 9.17) is 4.42 Å². The number of fused-ring (bicyclic) bond motifs is 3. The van der Waals surface area contributed by atoms with Gasteiger partial charge < -0.3 is 19.9 Å². The Kier molecular flexibility index (Phi) is 5.08. The van der Waals surface area contributed by atoms with Crippen molar-refractivity contribution >= 4 is 16.9 Å². The number of carboxylic acids is 1. The first kappa shape index (κ1) is 17.5. The minimum atomic E-state index is -0.921. The first-order valence-electron chi connectivity index (χ1n) is 8.78. The zero-order chi connectivity index (χ0) is 18.0. The zero-order valence-corrected chi connectivity index (χ0v) is 14.3. The fraction of sp³-hybridized carbons (Fsp3) is 0.474. The van der Waals surface area contributed by atoms with E-state index < -0.39 is 12.0 Å². The molecule has 3 N–H and O–H groups in total. The van der Waals surface area contributed by atoms with E-state index in [1.165, 1.54) is 0 Å². The topological polar surface area (TPSA) is 99.8 Å². The lowest BCUT2D eigenvalue weighted by Gasteiger charge is -2.16. The van der Waals surface area contributed by atoms with E-state index in [-0.39, 0.29) is 17.9 Å². The largest absolute Gasteiger partial charge is 0.507 e. The molecule has 3 rings (SSSR count). The van der Waals surface area contributed by atoms with Gasteiger partial charge in [0, 0.05) is 17.5 Å². The van der Waals surface area contributed by atoms with Gasteiger partial charge in [-0.3, -0.25) is 4.79 Å². The van der Waals surface area contributed by atoms with E-state index in [2.05, 4.69) is 5.32 Å². The van der Waals surface area contributed by atoms with Crippen LogP contribution in [0.25, 0.3) is 11.0 Å². The monoisotopic (exact) mass is 345 g/mol. The van der Waals surface area contributed by atoms with Crippen LogP contribution in [0.4, 0.5) is 0 Å². The number of carboxylic acid groups (broad SMARTS) is 1. The molecule has 0 aliphatic heterocycles. The third-order valence-electron chi connectivity index (χ3n) is 4.89. The Balaban J connectivity index is 1.96. The number of rotatable bonds is 7.